The molecule has 2 fully saturated rings. The number of amides is 1. The number of nitrogens with zero attached hydrogens (tertiary/aromatic N) is 3. The molecule has 0 spiro atoms. The van der Waals surface area contributed by atoms with Gasteiger partial charge in [0, 0.05) is 60.6 Å². The molecule has 1 aliphatic carbocycles. The molecule has 0 aromatic heterocycles. The Morgan fingerprint density at radius 2 is 1.74 bits per heavy atom. The Bertz CT molecular complexity index is 1180. The quantitative estimate of drug-likeness (QED) is 0.288. The number of hydrogen-bond donors (Lipinski definition) is 1. The van der Waals surface area contributed by atoms with E-state index in [1.165, 1.54) is 6.07 Å². The van der Waals surface area contributed by atoms with Crippen molar-refractivity contribution in [2.75, 3.05) is 36.9 Å². The van der Waals surface area contributed by atoms with Crippen molar-refractivity contribution >= 4 is 34.6 Å². The van der Waals surface area contributed by atoms with Crippen LogP contribution in [0.2, 0.25) is 5.02 Å². The molecule has 1 aliphatic heterocycles. The highest BCUT2D eigenvalue weighted by Gasteiger charge is 2.40. The van der Waals surface area contributed by atoms with E-state index in [1.807, 2.05) is 43.1 Å². The summed E-state index contributed by atoms with van der Waals surface area (Å²) < 4.78 is 39.9. The molecular weight excluding hydrogens is 533 g/mol. The summed E-state index contributed by atoms with van der Waals surface area (Å²) in [5, 5.41) is 14.8. The van der Waals surface area contributed by atoms with Gasteiger partial charge in [0.2, 0.25) is 5.91 Å². The molecule has 7 nitrogen and oxygen atoms in total. The van der Waals surface area contributed by atoms with Crippen molar-refractivity contribution in [3.8, 4) is 0 Å². The zero-order valence-corrected chi connectivity index (χ0v) is 22.9. The van der Waals surface area contributed by atoms with Crippen LogP contribution in [0.15, 0.2) is 42.5 Å². The van der Waals surface area contributed by atoms with Crippen molar-refractivity contribution in [1.29, 1.82) is 0 Å². The number of benzene rings is 2. The molecule has 11 heteroatoms. The number of rotatable bonds is 7. The summed E-state index contributed by atoms with van der Waals surface area (Å²) in [5.41, 5.74) is -1.28. The van der Waals surface area contributed by atoms with Crippen LogP contribution in [-0.2, 0) is 11.0 Å². The lowest BCUT2D eigenvalue weighted by Crippen LogP contribution is -2.49. The monoisotopic (exact) mass is 566 g/mol. The molecule has 212 valence electrons. The van der Waals surface area contributed by atoms with Gasteiger partial charge in [0.1, 0.15) is 5.56 Å². The average Bonchev–Trinajstić information content (AvgIpc) is 2.89. The third-order valence-electron chi connectivity index (χ3n) is 8.17. The zero-order valence-electron chi connectivity index (χ0n) is 22.1. The second-order valence-corrected chi connectivity index (χ2v) is 11.5. The normalized spacial score (nSPS) is 21.3. The van der Waals surface area contributed by atoms with Crippen molar-refractivity contribution in [1.82, 2.24) is 4.90 Å². The van der Waals surface area contributed by atoms with Gasteiger partial charge in [-0.2, -0.15) is 13.2 Å². The summed E-state index contributed by atoms with van der Waals surface area (Å²) in [6, 6.07) is 10.8. The molecular formula is C28H34ClF3N4O3. The van der Waals surface area contributed by atoms with Crippen LogP contribution in [0.5, 0.6) is 0 Å². The largest absolute Gasteiger partial charge is 0.423 e. The van der Waals surface area contributed by atoms with Crippen molar-refractivity contribution < 1.29 is 22.9 Å². The lowest BCUT2D eigenvalue weighted by molar-refractivity contribution is -0.388. The van der Waals surface area contributed by atoms with Crippen LogP contribution in [0.25, 0.3) is 0 Å². The van der Waals surface area contributed by atoms with Gasteiger partial charge in [-0.05, 0) is 80.8 Å². The Kier molecular flexibility index (Phi) is 8.63. The summed E-state index contributed by atoms with van der Waals surface area (Å²) >= 11 is 6.00. The molecule has 4 rings (SSSR count). The van der Waals surface area contributed by atoms with Crippen LogP contribution >= 0.6 is 11.6 Å². The van der Waals surface area contributed by atoms with Gasteiger partial charge in [0.15, 0.2) is 0 Å². The minimum absolute atomic E-state index is 0.0282. The second kappa shape index (κ2) is 11.6. The van der Waals surface area contributed by atoms with Gasteiger partial charge in [0.05, 0.1) is 4.92 Å². The molecule has 1 heterocycles. The molecule has 39 heavy (non-hydrogen) atoms. The second-order valence-electron chi connectivity index (χ2n) is 11.1. The minimum Gasteiger partial charge on any atom is -0.382 e. The molecule has 0 atom stereocenters. The number of nitrogens with one attached hydrogen (secondary N) is 1. The Morgan fingerprint density at radius 3 is 2.31 bits per heavy atom. The maximum Gasteiger partial charge on any atom is 0.423 e. The summed E-state index contributed by atoms with van der Waals surface area (Å²) in [6.45, 7) is 4.30. The van der Waals surface area contributed by atoms with Crippen LogP contribution in [-0.4, -0.2) is 48.5 Å². The fourth-order valence-electron chi connectivity index (χ4n) is 5.79. The molecule has 2 aromatic carbocycles. The molecule has 0 unspecified atom stereocenters. The van der Waals surface area contributed by atoms with E-state index >= 15 is 0 Å². The summed E-state index contributed by atoms with van der Waals surface area (Å²) in [7, 11) is 1.86. The van der Waals surface area contributed by atoms with E-state index in [2.05, 4.69) is 10.2 Å². The Hall–Kier alpha value is -3.01. The molecule has 2 aromatic rings. The van der Waals surface area contributed by atoms with E-state index < -0.39 is 27.8 Å². The molecule has 1 amide bonds. The third kappa shape index (κ3) is 6.96. The predicted molar refractivity (Wildman–Crippen MR) is 146 cm³/mol. The summed E-state index contributed by atoms with van der Waals surface area (Å²) in [4.78, 5) is 27.5. The van der Waals surface area contributed by atoms with E-state index in [-0.39, 0.29) is 17.6 Å². The third-order valence-corrected chi connectivity index (χ3v) is 8.42. The first-order valence-electron chi connectivity index (χ1n) is 13.2. The van der Waals surface area contributed by atoms with Crippen molar-refractivity contribution in [2.24, 2.45) is 11.3 Å². The maximum absolute atomic E-state index is 13.4. The summed E-state index contributed by atoms with van der Waals surface area (Å²) in [6.07, 6.45) is -0.0885. The first-order valence-corrected chi connectivity index (χ1v) is 13.6. The van der Waals surface area contributed by atoms with Crippen LogP contribution in [0.4, 0.5) is 30.2 Å². The average molecular weight is 567 g/mol. The number of carbonyl (C=O) groups is 1. The van der Waals surface area contributed by atoms with Gasteiger partial charge in [-0.15, -0.1) is 0 Å². The number of nitro benzene ring substituents is 1. The smallest absolute Gasteiger partial charge is 0.382 e. The van der Waals surface area contributed by atoms with E-state index in [4.69, 9.17) is 11.6 Å². The van der Waals surface area contributed by atoms with Gasteiger partial charge < -0.3 is 15.1 Å². The van der Waals surface area contributed by atoms with E-state index in [0.29, 0.717) is 17.5 Å². The number of hydrogen-bond acceptors (Lipinski definition) is 5. The zero-order chi connectivity index (χ0) is 28.4. The first-order chi connectivity index (χ1) is 18.4. The van der Waals surface area contributed by atoms with Crippen molar-refractivity contribution in [2.45, 2.75) is 57.7 Å². The molecule has 1 N–H and O–H groups in total. The number of piperidine rings is 1. The SMILES string of the molecule is CN(CC1CCC(Nc2ccc([N+](=O)[O-])c(C(F)(F)F)c2)CC1)C(=O)C1(C)CCN(c2ccc(Cl)cc2)CC1. The highest BCUT2D eigenvalue weighted by Crippen LogP contribution is 2.39. The molecule has 0 bridgehead atoms. The minimum atomic E-state index is -4.81. The fraction of sp³-hybridized carbons (Fsp3) is 0.536. The van der Waals surface area contributed by atoms with E-state index in [0.717, 1.165) is 69.4 Å². The van der Waals surface area contributed by atoms with Gasteiger partial charge in [-0.25, -0.2) is 0 Å². The van der Waals surface area contributed by atoms with Crippen molar-refractivity contribution in [3.63, 3.8) is 0 Å². The highest BCUT2D eigenvalue weighted by molar-refractivity contribution is 6.30. The first kappa shape index (κ1) is 29.0. The maximum atomic E-state index is 13.4. The lowest BCUT2D eigenvalue weighted by Gasteiger charge is -2.42. The van der Waals surface area contributed by atoms with Crippen molar-refractivity contribution in [3.05, 3.63) is 63.2 Å². The predicted octanol–water partition coefficient (Wildman–Crippen LogP) is 7.00. The Balaban J connectivity index is 1.26. The molecule has 1 saturated carbocycles. The fourth-order valence-corrected chi connectivity index (χ4v) is 5.92. The number of carbonyl (C=O) groups excluding carboxylic acids is 1. The number of halogens is 4. The van der Waals surface area contributed by atoms with Gasteiger partial charge in [-0.1, -0.05) is 18.5 Å². The summed E-state index contributed by atoms with van der Waals surface area (Å²) in [5.74, 6) is 0.474. The number of alkyl halides is 3. The van der Waals surface area contributed by atoms with Crippen LogP contribution in [0.1, 0.15) is 51.0 Å². The van der Waals surface area contributed by atoms with Gasteiger partial charge in [0.25, 0.3) is 5.69 Å². The van der Waals surface area contributed by atoms with Crippen LogP contribution < -0.4 is 10.2 Å². The lowest BCUT2D eigenvalue weighted by atomic mass is 9.78. The number of anilines is 2. The molecule has 0 radical (unpaired) electrons. The van der Waals surface area contributed by atoms with Crippen LogP contribution in [0.3, 0.4) is 0 Å². The topological polar surface area (TPSA) is 78.7 Å². The van der Waals surface area contributed by atoms with Crippen LogP contribution in [0, 0.1) is 21.4 Å². The van der Waals surface area contributed by atoms with Gasteiger partial charge in [-0.3, -0.25) is 14.9 Å². The highest BCUT2D eigenvalue weighted by atomic mass is 35.5. The Morgan fingerprint density at radius 1 is 1.13 bits per heavy atom. The van der Waals surface area contributed by atoms with E-state index in [1.54, 1.807) is 0 Å². The number of nitro groups is 1. The standard InChI is InChI=1S/C28H34ClF3N4O3/c1-27(13-15-35(16-14-27)23-10-5-20(29)6-11-23)26(37)34(2)18-19-3-7-21(8-4-19)33-22-9-12-25(36(38)39)24(17-22)28(30,31)32/h5-6,9-12,17,19,21,33H,3-4,7-8,13-16,18H2,1-2H3. The van der Waals surface area contributed by atoms with Gasteiger partial charge >= 0.3 is 6.18 Å². The molecule has 1 saturated heterocycles. The molecule has 2 aliphatic rings. The Labute approximate surface area is 231 Å². The van der Waals surface area contributed by atoms with E-state index in [9.17, 15) is 28.1 Å².